The molecule has 20 heavy (non-hydrogen) atoms. The van der Waals surface area contributed by atoms with E-state index in [0.717, 1.165) is 19.3 Å². The monoisotopic (exact) mass is 297 g/mol. The first-order valence-electron chi connectivity index (χ1n) is 6.78. The maximum atomic E-state index is 11.9. The van der Waals surface area contributed by atoms with Crippen LogP contribution in [0.4, 0.5) is 13.2 Å². The molecule has 1 heterocycles. The largest absolute Gasteiger partial charge is 0.405 e. The molecular formula is C12H22F3N3O2. The number of carbonyl (C=O) groups is 1. The third-order valence-electron chi connectivity index (χ3n) is 3.09. The molecule has 0 aliphatic carbocycles. The Morgan fingerprint density at radius 1 is 1.35 bits per heavy atom. The van der Waals surface area contributed by atoms with Crippen molar-refractivity contribution in [1.82, 2.24) is 10.2 Å². The zero-order valence-electron chi connectivity index (χ0n) is 11.4. The second-order valence-electron chi connectivity index (χ2n) is 4.88. The summed E-state index contributed by atoms with van der Waals surface area (Å²) < 4.78 is 41.4. The number of nitrogens with two attached hydrogens (primary N) is 1. The van der Waals surface area contributed by atoms with Crippen LogP contribution < -0.4 is 11.1 Å². The highest BCUT2D eigenvalue weighted by Gasteiger charge is 2.28. The summed E-state index contributed by atoms with van der Waals surface area (Å²) in [6, 6.07) is 0. The van der Waals surface area contributed by atoms with Crippen molar-refractivity contribution in [2.75, 3.05) is 39.3 Å². The van der Waals surface area contributed by atoms with Crippen LogP contribution >= 0.6 is 0 Å². The fourth-order valence-corrected chi connectivity index (χ4v) is 2.03. The molecule has 0 atom stereocenters. The topological polar surface area (TPSA) is 67.6 Å². The summed E-state index contributed by atoms with van der Waals surface area (Å²) in [5, 5.41) is 1.87. The fraction of sp³-hybridized carbons (Fsp3) is 0.917. The van der Waals surface area contributed by atoms with E-state index in [-0.39, 0.29) is 12.6 Å². The van der Waals surface area contributed by atoms with Crippen molar-refractivity contribution < 1.29 is 22.7 Å². The highest BCUT2D eigenvalue weighted by Crippen LogP contribution is 2.14. The van der Waals surface area contributed by atoms with Crippen LogP contribution in [0.25, 0.3) is 0 Å². The molecule has 0 unspecified atom stereocenters. The molecule has 8 heteroatoms. The van der Waals surface area contributed by atoms with Crippen molar-refractivity contribution in [2.24, 2.45) is 5.73 Å². The van der Waals surface area contributed by atoms with Crippen molar-refractivity contribution in [3.63, 3.8) is 0 Å². The van der Waals surface area contributed by atoms with E-state index in [4.69, 9.17) is 10.5 Å². The molecule has 1 saturated heterocycles. The van der Waals surface area contributed by atoms with Crippen molar-refractivity contribution >= 4 is 5.91 Å². The Morgan fingerprint density at radius 2 is 2.00 bits per heavy atom. The lowest BCUT2D eigenvalue weighted by molar-refractivity contribution is -0.139. The third kappa shape index (κ3) is 7.66. The van der Waals surface area contributed by atoms with Gasteiger partial charge < -0.3 is 15.8 Å². The molecule has 118 valence electrons. The number of nitrogens with zero attached hydrogens (tertiary/aromatic N) is 1. The maximum Gasteiger partial charge on any atom is 0.405 e. The molecule has 0 aromatic heterocycles. The van der Waals surface area contributed by atoms with Gasteiger partial charge in [-0.1, -0.05) is 0 Å². The average molecular weight is 297 g/mol. The predicted octanol–water partition coefficient (Wildman–Crippen LogP) is 0.495. The number of likely N-dealkylation sites (tertiary alicyclic amines) is 1. The number of carbonyl (C=O) groups excluding carboxylic acids is 1. The number of hydrogen-bond acceptors (Lipinski definition) is 4. The SMILES string of the molecule is NCCCOC1CCN(CC(=O)NCC(F)(F)F)CC1. The fourth-order valence-electron chi connectivity index (χ4n) is 2.03. The highest BCUT2D eigenvalue weighted by atomic mass is 19.4. The van der Waals surface area contributed by atoms with Gasteiger partial charge in [0.15, 0.2) is 0 Å². The van der Waals surface area contributed by atoms with Crippen LogP contribution in [0.3, 0.4) is 0 Å². The van der Waals surface area contributed by atoms with Crippen LogP contribution in [0.15, 0.2) is 0 Å². The standard InChI is InChI=1S/C12H22F3N3O2/c13-12(14,15)9-17-11(19)8-18-5-2-10(3-6-18)20-7-1-4-16/h10H,1-9,16H2,(H,17,19). The first-order chi connectivity index (χ1) is 9.40. The van der Waals surface area contributed by atoms with Gasteiger partial charge in [0.05, 0.1) is 12.6 Å². The normalized spacial score (nSPS) is 18.2. The molecule has 3 N–H and O–H groups in total. The van der Waals surface area contributed by atoms with Crippen LogP contribution in [-0.4, -0.2) is 62.4 Å². The van der Waals surface area contributed by atoms with E-state index in [0.29, 0.717) is 26.2 Å². The number of halogens is 3. The number of rotatable bonds is 7. The van der Waals surface area contributed by atoms with Crippen molar-refractivity contribution in [1.29, 1.82) is 0 Å². The van der Waals surface area contributed by atoms with Crippen molar-refractivity contribution in [3.8, 4) is 0 Å². The summed E-state index contributed by atoms with van der Waals surface area (Å²) in [5.41, 5.74) is 5.37. The second-order valence-corrected chi connectivity index (χ2v) is 4.88. The lowest BCUT2D eigenvalue weighted by Gasteiger charge is -2.31. The number of amides is 1. The zero-order chi connectivity index (χ0) is 15.0. The van der Waals surface area contributed by atoms with Crippen LogP contribution in [0.2, 0.25) is 0 Å². The van der Waals surface area contributed by atoms with E-state index < -0.39 is 18.6 Å². The summed E-state index contributed by atoms with van der Waals surface area (Å²) in [5.74, 6) is -0.593. The lowest BCUT2D eigenvalue weighted by Crippen LogP contribution is -2.45. The Bertz CT molecular complexity index is 292. The molecule has 0 saturated carbocycles. The number of alkyl halides is 3. The number of nitrogens with one attached hydrogen (secondary N) is 1. The van der Waals surface area contributed by atoms with Gasteiger partial charge in [0, 0.05) is 19.7 Å². The molecule has 1 amide bonds. The third-order valence-corrected chi connectivity index (χ3v) is 3.09. The molecule has 1 rings (SSSR count). The quantitative estimate of drug-likeness (QED) is 0.671. The average Bonchev–Trinajstić information content (AvgIpc) is 2.38. The Morgan fingerprint density at radius 3 is 2.55 bits per heavy atom. The van der Waals surface area contributed by atoms with Gasteiger partial charge >= 0.3 is 6.18 Å². The number of hydrogen-bond donors (Lipinski definition) is 2. The molecule has 1 aliphatic rings. The van der Waals surface area contributed by atoms with Crippen LogP contribution in [0.5, 0.6) is 0 Å². The zero-order valence-corrected chi connectivity index (χ0v) is 11.4. The Hall–Kier alpha value is -0.860. The van der Waals surface area contributed by atoms with Gasteiger partial charge in [-0.25, -0.2) is 0 Å². The summed E-state index contributed by atoms with van der Waals surface area (Å²) in [6.07, 6.45) is -1.80. The Balaban J connectivity index is 2.14. The lowest BCUT2D eigenvalue weighted by atomic mass is 10.1. The minimum atomic E-state index is -4.36. The summed E-state index contributed by atoms with van der Waals surface area (Å²) in [7, 11) is 0. The van der Waals surface area contributed by atoms with E-state index in [1.807, 2.05) is 10.2 Å². The van der Waals surface area contributed by atoms with Gasteiger partial charge in [-0.3, -0.25) is 9.69 Å². The molecule has 0 aromatic carbocycles. The predicted molar refractivity (Wildman–Crippen MR) is 68.2 cm³/mol. The van der Waals surface area contributed by atoms with Gasteiger partial charge in [0.2, 0.25) is 5.91 Å². The maximum absolute atomic E-state index is 11.9. The van der Waals surface area contributed by atoms with Gasteiger partial charge in [-0.15, -0.1) is 0 Å². The van der Waals surface area contributed by atoms with Crippen LogP contribution in [0, 0.1) is 0 Å². The number of ether oxygens (including phenoxy) is 1. The van der Waals surface area contributed by atoms with Crippen molar-refractivity contribution in [3.05, 3.63) is 0 Å². The van der Waals surface area contributed by atoms with Gasteiger partial charge in [-0.2, -0.15) is 13.2 Å². The molecular weight excluding hydrogens is 275 g/mol. The van der Waals surface area contributed by atoms with E-state index in [1.54, 1.807) is 0 Å². The molecule has 1 fully saturated rings. The van der Waals surface area contributed by atoms with Gasteiger partial charge in [0.1, 0.15) is 6.54 Å². The van der Waals surface area contributed by atoms with E-state index in [9.17, 15) is 18.0 Å². The van der Waals surface area contributed by atoms with E-state index in [2.05, 4.69) is 0 Å². The van der Waals surface area contributed by atoms with Gasteiger partial charge in [-0.05, 0) is 25.8 Å². The first kappa shape index (κ1) is 17.2. The van der Waals surface area contributed by atoms with E-state index >= 15 is 0 Å². The molecule has 5 nitrogen and oxygen atoms in total. The highest BCUT2D eigenvalue weighted by molar-refractivity contribution is 5.78. The Kier molecular flexibility index (Phi) is 7.25. The molecule has 0 radical (unpaired) electrons. The van der Waals surface area contributed by atoms with E-state index in [1.165, 1.54) is 0 Å². The first-order valence-corrected chi connectivity index (χ1v) is 6.78. The molecule has 0 bridgehead atoms. The van der Waals surface area contributed by atoms with Gasteiger partial charge in [0.25, 0.3) is 0 Å². The molecule has 0 spiro atoms. The summed E-state index contributed by atoms with van der Waals surface area (Å²) >= 11 is 0. The number of piperidine rings is 1. The molecule has 0 aromatic rings. The van der Waals surface area contributed by atoms with Crippen LogP contribution in [0.1, 0.15) is 19.3 Å². The van der Waals surface area contributed by atoms with Crippen molar-refractivity contribution in [2.45, 2.75) is 31.5 Å². The minimum absolute atomic E-state index is 0.00556. The Labute approximate surface area is 116 Å². The van der Waals surface area contributed by atoms with Crippen LogP contribution in [-0.2, 0) is 9.53 Å². The minimum Gasteiger partial charge on any atom is -0.378 e. The summed E-state index contributed by atoms with van der Waals surface area (Å²) in [4.78, 5) is 13.2. The second kappa shape index (κ2) is 8.43. The smallest absolute Gasteiger partial charge is 0.378 e. The summed E-state index contributed by atoms with van der Waals surface area (Å²) in [6.45, 7) is 1.28. The molecule has 1 aliphatic heterocycles.